The lowest BCUT2D eigenvalue weighted by atomic mass is 10.1. The molecule has 2 saturated heterocycles. The van der Waals surface area contributed by atoms with Gasteiger partial charge in [0.25, 0.3) is 5.91 Å². The lowest BCUT2D eigenvalue weighted by Crippen LogP contribution is -2.37. The van der Waals surface area contributed by atoms with Crippen LogP contribution in [0.15, 0.2) is 16.7 Å². The molecule has 2 fully saturated rings. The van der Waals surface area contributed by atoms with Gasteiger partial charge < -0.3 is 14.1 Å². The molecule has 7 nitrogen and oxygen atoms in total. The Labute approximate surface area is 129 Å². The highest BCUT2D eigenvalue weighted by atomic mass is 32.2. The normalized spacial score (nSPS) is 26.7. The van der Waals surface area contributed by atoms with E-state index in [9.17, 15) is 13.2 Å². The van der Waals surface area contributed by atoms with Crippen LogP contribution < -0.4 is 0 Å². The fourth-order valence-corrected chi connectivity index (χ4v) is 3.98. The zero-order valence-corrected chi connectivity index (χ0v) is 13.5. The Morgan fingerprint density at radius 2 is 2.09 bits per heavy atom. The predicted molar refractivity (Wildman–Crippen MR) is 79.0 cm³/mol. The Kier molecular flexibility index (Phi) is 4.00. The van der Waals surface area contributed by atoms with Crippen LogP contribution in [0.4, 0.5) is 0 Å². The largest absolute Gasteiger partial charge is 0.469 e. The molecule has 0 radical (unpaired) electrons. The van der Waals surface area contributed by atoms with Crippen LogP contribution in [0.5, 0.6) is 0 Å². The highest BCUT2D eigenvalue weighted by Gasteiger charge is 2.40. The number of nitrogens with zero attached hydrogens (tertiary/aromatic N) is 2. The van der Waals surface area contributed by atoms with E-state index in [1.54, 1.807) is 17.9 Å². The second-order valence-electron chi connectivity index (χ2n) is 5.89. The molecule has 0 aromatic carbocycles. The summed E-state index contributed by atoms with van der Waals surface area (Å²) in [7, 11) is -3.24. The number of ether oxygens (including phenoxy) is 1. The first-order valence-electron chi connectivity index (χ1n) is 7.26. The topological polar surface area (TPSA) is 80.1 Å². The van der Waals surface area contributed by atoms with Gasteiger partial charge in [-0.3, -0.25) is 4.79 Å². The molecule has 0 saturated carbocycles. The first-order valence-corrected chi connectivity index (χ1v) is 9.11. The summed E-state index contributed by atoms with van der Waals surface area (Å²) in [5, 5.41) is 0. The second-order valence-corrected chi connectivity index (χ2v) is 7.87. The van der Waals surface area contributed by atoms with Crippen molar-refractivity contribution < 1.29 is 22.4 Å². The molecule has 0 N–H and O–H groups in total. The average Bonchev–Trinajstić information content (AvgIpc) is 2.98. The second kappa shape index (κ2) is 5.68. The molecule has 122 valence electrons. The SMILES string of the molecule is Cc1occc1C(=O)N1C[C@@H]2CN(S(C)(=O)=O)CCO[C@@H]2C1. The Morgan fingerprint density at radius 3 is 2.73 bits per heavy atom. The quantitative estimate of drug-likeness (QED) is 0.781. The molecule has 0 bridgehead atoms. The highest BCUT2D eigenvalue weighted by molar-refractivity contribution is 7.88. The standard InChI is InChI=1S/C14H20N2O5S/c1-10-12(3-5-20-10)14(17)15-7-11-8-16(22(2,18)19)4-6-21-13(11)9-15/h3,5,11,13H,4,6-9H2,1-2H3/t11-,13-/m1/s1. The van der Waals surface area contributed by atoms with Gasteiger partial charge in [0.2, 0.25) is 10.0 Å². The fourth-order valence-electron chi connectivity index (χ4n) is 3.11. The molecule has 3 heterocycles. The van der Waals surface area contributed by atoms with Crippen molar-refractivity contribution in [2.45, 2.75) is 13.0 Å². The molecule has 3 rings (SSSR count). The van der Waals surface area contributed by atoms with Crippen LogP contribution in [-0.4, -0.2) is 68.7 Å². The van der Waals surface area contributed by atoms with E-state index in [0.29, 0.717) is 44.1 Å². The number of carbonyl (C=O) groups is 1. The van der Waals surface area contributed by atoms with E-state index in [0.717, 1.165) is 0 Å². The molecule has 22 heavy (non-hydrogen) atoms. The number of sulfonamides is 1. The minimum atomic E-state index is -3.24. The minimum Gasteiger partial charge on any atom is -0.469 e. The molecule has 0 aliphatic carbocycles. The molecule has 8 heteroatoms. The number of furan rings is 1. The summed E-state index contributed by atoms with van der Waals surface area (Å²) in [5.41, 5.74) is 0.552. The van der Waals surface area contributed by atoms with Gasteiger partial charge in [-0.15, -0.1) is 0 Å². The monoisotopic (exact) mass is 328 g/mol. The average molecular weight is 328 g/mol. The number of likely N-dealkylation sites (tertiary alicyclic amines) is 1. The summed E-state index contributed by atoms with van der Waals surface area (Å²) in [6, 6.07) is 1.66. The number of hydrogen-bond acceptors (Lipinski definition) is 5. The number of hydrogen-bond donors (Lipinski definition) is 0. The number of fused-ring (bicyclic) bond motifs is 1. The van der Waals surface area contributed by atoms with Crippen molar-refractivity contribution in [1.82, 2.24) is 9.21 Å². The van der Waals surface area contributed by atoms with Gasteiger partial charge in [-0.25, -0.2) is 8.42 Å². The van der Waals surface area contributed by atoms with E-state index < -0.39 is 10.0 Å². The third-order valence-electron chi connectivity index (χ3n) is 4.34. The van der Waals surface area contributed by atoms with Crippen LogP contribution >= 0.6 is 0 Å². The van der Waals surface area contributed by atoms with E-state index in [2.05, 4.69) is 0 Å². The molecule has 1 aromatic heterocycles. The van der Waals surface area contributed by atoms with Gasteiger partial charge in [0.15, 0.2) is 0 Å². The smallest absolute Gasteiger partial charge is 0.257 e. The Balaban J connectivity index is 1.74. The van der Waals surface area contributed by atoms with E-state index in [4.69, 9.17) is 9.15 Å². The Morgan fingerprint density at radius 1 is 1.32 bits per heavy atom. The van der Waals surface area contributed by atoms with Gasteiger partial charge in [0.05, 0.1) is 30.8 Å². The zero-order valence-electron chi connectivity index (χ0n) is 12.7. The molecule has 2 atom stereocenters. The van der Waals surface area contributed by atoms with Gasteiger partial charge in [-0.05, 0) is 13.0 Å². The molecule has 2 aliphatic rings. The number of aryl methyl sites for hydroxylation is 1. The van der Waals surface area contributed by atoms with Gasteiger partial charge in [-0.1, -0.05) is 0 Å². The highest BCUT2D eigenvalue weighted by Crippen LogP contribution is 2.26. The van der Waals surface area contributed by atoms with Crippen molar-refractivity contribution in [3.63, 3.8) is 0 Å². The van der Waals surface area contributed by atoms with Crippen LogP contribution in [0.3, 0.4) is 0 Å². The van der Waals surface area contributed by atoms with Crippen molar-refractivity contribution >= 4 is 15.9 Å². The maximum absolute atomic E-state index is 12.5. The summed E-state index contributed by atoms with van der Waals surface area (Å²) in [5.74, 6) is 0.512. The molecule has 0 unspecified atom stereocenters. The Bertz CT molecular complexity index is 669. The fraction of sp³-hybridized carbons (Fsp3) is 0.643. The number of carbonyl (C=O) groups excluding carboxylic acids is 1. The van der Waals surface area contributed by atoms with Crippen LogP contribution in [-0.2, 0) is 14.8 Å². The summed E-state index contributed by atoms with van der Waals surface area (Å²) in [4.78, 5) is 14.2. The van der Waals surface area contributed by atoms with Crippen molar-refractivity contribution in [2.24, 2.45) is 5.92 Å². The van der Waals surface area contributed by atoms with Gasteiger partial charge in [-0.2, -0.15) is 4.31 Å². The molecular formula is C14H20N2O5S. The molecule has 0 spiro atoms. The number of rotatable bonds is 2. The molecular weight excluding hydrogens is 308 g/mol. The van der Waals surface area contributed by atoms with Gasteiger partial charge >= 0.3 is 0 Å². The van der Waals surface area contributed by atoms with Gasteiger partial charge in [0.1, 0.15) is 5.76 Å². The third-order valence-corrected chi connectivity index (χ3v) is 5.61. The first-order chi connectivity index (χ1) is 10.4. The van der Waals surface area contributed by atoms with Crippen molar-refractivity contribution in [1.29, 1.82) is 0 Å². The van der Waals surface area contributed by atoms with Gasteiger partial charge in [0, 0.05) is 32.1 Å². The first kappa shape index (κ1) is 15.5. The van der Waals surface area contributed by atoms with Crippen molar-refractivity contribution in [2.75, 3.05) is 39.0 Å². The maximum atomic E-state index is 12.5. The van der Waals surface area contributed by atoms with Crippen LogP contribution in [0.1, 0.15) is 16.1 Å². The summed E-state index contributed by atoms with van der Waals surface area (Å²) < 4.78 is 35.9. The maximum Gasteiger partial charge on any atom is 0.257 e. The van der Waals surface area contributed by atoms with Crippen LogP contribution in [0.2, 0.25) is 0 Å². The van der Waals surface area contributed by atoms with E-state index in [-0.39, 0.29) is 17.9 Å². The zero-order chi connectivity index (χ0) is 15.9. The predicted octanol–water partition coefficient (Wildman–Crippen LogP) is 0.320. The molecule has 1 aromatic rings. The molecule has 2 aliphatic heterocycles. The minimum absolute atomic E-state index is 0.00776. The number of amides is 1. The summed E-state index contributed by atoms with van der Waals surface area (Å²) in [6.07, 6.45) is 2.60. The van der Waals surface area contributed by atoms with Crippen molar-refractivity contribution in [3.8, 4) is 0 Å². The van der Waals surface area contributed by atoms with E-state index in [1.165, 1.54) is 16.8 Å². The lowest BCUT2D eigenvalue weighted by molar-refractivity contribution is 0.0491. The summed E-state index contributed by atoms with van der Waals surface area (Å²) >= 11 is 0. The Hall–Kier alpha value is -1.38. The van der Waals surface area contributed by atoms with Crippen LogP contribution in [0, 0.1) is 12.8 Å². The van der Waals surface area contributed by atoms with E-state index in [1.807, 2.05) is 0 Å². The molecule has 1 amide bonds. The van der Waals surface area contributed by atoms with Crippen LogP contribution in [0.25, 0.3) is 0 Å². The van der Waals surface area contributed by atoms with E-state index >= 15 is 0 Å². The van der Waals surface area contributed by atoms with Crippen molar-refractivity contribution in [3.05, 3.63) is 23.7 Å². The lowest BCUT2D eigenvalue weighted by Gasteiger charge is -2.21. The summed E-state index contributed by atoms with van der Waals surface area (Å²) in [6.45, 7) is 3.88. The third kappa shape index (κ3) is 2.90.